The maximum Gasteiger partial charge on any atom is 0.203 e. The third kappa shape index (κ3) is 2.65. The summed E-state index contributed by atoms with van der Waals surface area (Å²) in [5.41, 5.74) is 0. The van der Waals surface area contributed by atoms with Crippen LogP contribution < -0.4 is 5.32 Å². The van der Waals surface area contributed by atoms with Crippen LogP contribution in [0.15, 0.2) is 25.0 Å². The van der Waals surface area contributed by atoms with Gasteiger partial charge in [-0.25, -0.2) is 4.98 Å². The summed E-state index contributed by atoms with van der Waals surface area (Å²) in [7, 11) is 0. The fourth-order valence-corrected chi connectivity index (χ4v) is 2.32. The quantitative estimate of drug-likeness (QED) is 0.789. The lowest BCUT2D eigenvalue weighted by atomic mass is 9.87. The van der Waals surface area contributed by atoms with Crippen LogP contribution >= 0.6 is 0 Å². The Labute approximate surface area is 97.6 Å². The van der Waals surface area contributed by atoms with Crippen LogP contribution in [0.1, 0.15) is 32.6 Å². The van der Waals surface area contributed by atoms with Gasteiger partial charge < -0.3 is 9.88 Å². The molecule has 0 bridgehead atoms. The lowest BCUT2D eigenvalue weighted by Gasteiger charge is -2.27. The molecule has 1 N–H and O–H groups in total. The molecule has 1 aromatic heterocycles. The average molecular weight is 219 g/mol. The Morgan fingerprint density at radius 2 is 2.25 bits per heavy atom. The van der Waals surface area contributed by atoms with Crippen molar-refractivity contribution in [3.05, 3.63) is 25.0 Å². The molecule has 1 aliphatic rings. The normalized spacial score (nSPS) is 25.3. The van der Waals surface area contributed by atoms with Crippen LogP contribution in [-0.2, 0) is 6.54 Å². The van der Waals surface area contributed by atoms with Crippen molar-refractivity contribution in [2.24, 2.45) is 5.92 Å². The molecule has 1 aromatic rings. The van der Waals surface area contributed by atoms with Gasteiger partial charge in [0.05, 0.1) is 0 Å². The molecule has 2 rings (SSSR count). The van der Waals surface area contributed by atoms with E-state index in [1.165, 1.54) is 25.7 Å². The van der Waals surface area contributed by atoms with E-state index in [0.717, 1.165) is 18.4 Å². The maximum atomic E-state index is 4.35. The van der Waals surface area contributed by atoms with E-state index in [9.17, 15) is 0 Å². The summed E-state index contributed by atoms with van der Waals surface area (Å²) < 4.78 is 2.10. The second-order valence-electron chi connectivity index (χ2n) is 4.79. The van der Waals surface area contributed by atoms with Gasteiger partial charge in [0, 0.05) is 25.0 Å². The van der Waals surface area contributed by atoms with Gasteiger partial charge in [0.15, 0.2) is 0 Å². The van der Waals surface area contributed by atoms with Crippen LogP contribution in [0.25, 0.3) is 0 Å². The molecule has 0 amide bonds. The third-order valence-corrected chi connectivity index (χ3v) is 3.39. The molecule has 0 aliphatic heterocycles. The van der Waals surface area contributed by atoms with Crippen molar-refractivity contribution in [1.82, 2.24) is 9.55 Å². The van der Waals surface area contributed by atoms with Gasteiger partial charge in [-0.15, -0.1) is 6.58 Å². The first-order chi connectivity index (χ1) is 7.79. The average Bonchev–Trinajstić information content (AvgIpc) is 2.70. The summed E-state index contributed by atoms with van der Waals surface area (Å²) in [6, 6.07) is 0.599. The molecule has 0 unspecified atom stereocenters. The summed E-state index contributed by atoms with van der Waals surface area (Å²) >= 11 is 0. The second kappa shape index (κ2) is 5.19. The number of aromatic nitrogens is 2. The SMILES string of the molecule is C=CCn1ccnc1NC1CCC(C)CC1. The summed E-state index contributed by atoms with van der Waals surface area (Å²) in [6.07, 6.45) is 10.9. The van der Waals surface area contributed by atoms with Crippen LogP contribution in [0.5, 0.6) is 0 Å². The number of hydrogen-bond donors (Lipinski definition) is 1. The van der Waals surface area contributed by atoms with Gasteiger partial charge in [0.2, 0.25) is 5.95 Å². The van der Waals surface area contributed by atoms with E-state index in [0.29, 0.717) is 6.04 Å². The minimum atomic E-state index is 0.599. The molecule has 0 atom stereocenters. The van der Waals surface area contributed by atoms with Gasteiger partial charge in [-0.3, -0.25) is 0 Å². The third-order valence-electron chi connectivity index (χ3n) is 3.39. The highest BCUT2D eigenvalue weighted by Gasteiger charge is 2.18. The van der Waals surface area contributed by atoms with Crippen LogP contribution in [0.2, 0.25) is 0 Å². The molecule has 1 fully saturated rings. The van der Waals surface area contributed by atoms with Gasteiger partial charge in [-0.05, 0) is 31.6 Å². The van der Waals surface area contributed by atoms with Crippen LogP contribution in [0, 0.1) is 5.92 Å². The summed E-state index contributed by atoms with van der Waals surface area (Å²) in [5, 5.41) is 3.54. The Bertz CT molecular complexity index is 335. The van der Waals surface area contributed by atoms with Crippen molar-refractivity contribution in [3.63, 3.8) is 0 Å². The van der Waals surface area contributed by atoms with Crippen molar-refractivity contribution < 1.29 is 0 Å². The zero-order valence-corrected chi connectivity index (χ0v) is 10.0. The number of nitrogens with zero attached hydrogens (tertiary/aromatic N) is 2. The minimum absolute atomic E-state index is 0.599. The fourth-order valence-electron chi connectivity index (χ4n) is 2.32. The molecule has 1 heterocycles. The summed E-state index contributed by atoms with van der Waals surface area (Å²) in [4.78, 5) is 4.35. The summed E-state index contributed by atoms with van der Waals surface area (Å²) in [5.74, 6) is 1.88. The molecule has 16 heavy (non-hydrogen) atoms. The van der Waals surface area contributed by atoms with Gasteiger partial charge >= 0.3 is 0 Å². The molecule has 1 aliphatic carbocycles. The standard InChI is InChI=1S/C13H21N3/c1-3-9-16-10-8-14-13(16)15-12-6-4-11(2)5-7-12/h3,8,10-12H,1,4-7,9H2,2H3,(H,14,15). The van der Waals surface area contributed by atoms with Gasteiger partial charge in [0.1, 0.15) is 0 Å². The fraction of sp³-hybridized carbons (Fsp3) is 0.615. The van der Waals surface area contributed by atoms with E-state index in [-0.39, 0.29) is 0 Å². The van der Waals surface area contributed by atoms with E-state index in [1.807, 2.05) is 18.5 Å². The number of nitrogens with one attached hydrogen (secondary N) is 1. The minimum Gasteiger partial charge on any atom is -0.353 e. The van der Waals surface area contributed by atoms with Crippen molar-refractivity contribution in [3.8, 4) is 0 Å². The maximum absolute atomic E-state index is 4.35. The molecule has 88 valence electrons. The molecule has 0 saturated heterocycles. The van der Waals surface area contributed by atoms with Crippen LogP contribution in [-0.4, -0.2) is 15.6 Å². The number of rotatable bonds is 4. The predicted molar refractivity (Wildman–Crippen MR) is 67.5 cm³/mol. The Morgan fingerprint density at radius 1 is 1.50 bits per heavy atom. The van der Waals surface area contributed by atoms with E-state index in [4.69, 9.17) is 0 Å². The Balaban J connectivity index is 1.93. The molecule has 1 saturated carbocycles. The molecule has 0 aromatic carbocycles. The highest BCUT2D eigenvalue weighted by atomic mass is 15.2. The van der Waals surface area contributed by atoms with Crippen LogP contribution in [0.3, 0.4) is 0 Å². The van der Waals surface area contributed by atoms with Gasteiger partial charge in [0.25, 0.3) is 0 Å². The second-order valence-corrected chi connectivity index (χ2v) is 4.79. The first kappa shape index (κ1) is 11.2. The molecule has 0 spiro atoms. The topological polar surface area (TPSA) is 29.9 Å². The predicted octanol–water partition coefficient (Wildman–Crippen LogP) is 3.06. The van der Waals surface area contributed by atoms with E-state index in [2.05, 4.69) is 28.4 Å². The number of anilines is 1. The highest BCUT2D eigenvalue weighted by molar-refractivity contribution is 5.28. The zero-order valence-electron chi connectivity index (χ0n) is 10.0. The lowest BCUT2D eigenvalue weighted by Crippen LogP contribution is -2.26. The van der Waals surface area contributed by atoms with Crippen molar-refractivity contribution in [2.45, 2.75) is 45.2 Å². The highest BCUT2D eigenvalue weighted by Crippen LogP contribution is 2.25. The van der Waals surface area contributed by atoms with Crippen LogP contribution in [0.4, 0.5) is 5.95 Å². The first-order valence-corrected chi connectivity index (χ1v) is 6.18. The van der Waals surface area contributed by atoms with Crippen molar-refractivity contribution >= 4 is 5.95 Å². The number of allylic oxidation sites excluding steroid dienone is 1. The lowest BCUT2D eigenvalue weighted by molar-refractivity contribution is 0.360. The van der Waals surface area contributed by atoms with E-state index in [1.54, 1.807) is 0 Å². The van der Waals surface area contributed by atoms with Gasteiger partial charge in [-0.1, -0.05) is 13.0 Å². The largest absolute Gasteiger partial charge is 0.353 e. The van der Waals surface area contributed by atoms with Gasteiger partial charge in [-0.2, -0.15) is 0 Å². The monoisotopic (exact) mass is 219 g/mol. The van der Waals surface area contributed by atoms with Crippen molar-refractivity contribution in [1.29, 1.82) is 0 Å². The van der Waals surface area contributed by atoms with Crippen molar-refractivity contribution in [2.75, 3.05) is 5.32 Å². The molecule has 0 radical (unpaired) electrons. The number of imidazole rings is 1. The Morgan fingerprint density at radius 3 is 2.94 bits per heavy atom. The first-order valence-electron chi connectivity index (χ1n) is 6.18. The Hall–Kier alpha value is -1.25. The van der Waals surface area contributed by atoms with E-state index < -0.39 is 0 Å². The molecular formula is C13H21N3. The molecule has 3 nitrogen and oxygen atoms in total. The zero-order chi connectivity index (χ0) is 11.4. The molecular weight excluding hydrogens is 198 g/mol. The van der Waals surface area contributed by atoms with E-state index >= 15 is 0 Å². The summed E-state index contributed by atoms with van der Waals surface area (Å²) in [6.45, 7) is 6.92. The Kier molecular flexibility index (Phi) is 3.65. The number of hydrogen-bond acceptors (Lipinski definition) is 2. The molecule has 3 heteroatoms. The smallest absolute Gasteiger partial charge is 0.203 e.